The predicted octanol–water partition coefficient (Wildman–Crippen LogP) is 1.54. The van der Waals surface area contributed by atoms with Crippen LogP contribution in [-0.4, -0.2) is 30.0 Å². The number of hydrogen-bond acceptors (Lipinski definition) is 5. The van der Waals surface area contributed by atoms with Gasteiger partial charge >= 0.3 is 12.2 Å². The average molecular weight is 238 g/mol. The highest BCUT2D eigenvalue weighted by Gasteiger charge is 2.25. The Kier molecular flexibility index (Phi) is 4.53. The molecule has 2 N–H and O–H groups in total. The topological polar surface area (TPSA) is 63.0 Å². The Hall–Kier alpha value is -1.31. The zero-order valence-corrected chi connectivity index (χ0v) is 8.76. The number of nitrogens with zero attached hydrogens (tertiary/aromatic N) is 2. The van der Waals surface area contributed by atoms with Gasteiger partial charge in [0.25, 0.3) is 0 Å². The fourth-order valence-corrected chi connectivity index (χ4v) is 1.03. The van der Waals surface area contributed by atoms with Gasteiger partial charge in [0, 0.05) is 13.0 Å². The van der Waals surface area contributed by atoms with Crippen LogP contribution in [-0.2, 0) is 6.54 Å². The lowest BCUT2D eigenvalue weighted by Crippen LogP contribution is -2.11. The van der Waals surface area contributed by atoms with E-state index < -0.39 is 12.6 Å². The van der Waals surface area contributed by atoms with E-state index in [4.69, 9.17) is 4.42 Å². The van der Waals surface area contributed by atoms with Crippen molar-refractivity contribution in [2.24, 2.45) is 0 Å². The van der Waals surface area contributed by atoms with Gasteiger partial charge in [-0.05, 0) is 13.5 Å². The van der Waals surface area contributed by atoms with Gasteiger partial charge in [-0.1, -0.05) is 5.10 Å². The molecule has 92 valence electrons. The first-order valence-corrected chi connectivity index (χ1v) is 4.79. The first-order valence-electron chi connectivity index (χ1n) is 4.79. The maximum atomic E-state index is 11.8. The second-order valence-corrected chi connectivity index (χ2v) is 3.18. The molecule has 0 bridgehead atoms. The molecule has 0 spiro atoms. The van der Waals surface area contributed by atoms with Crippen molar-refractivity contribution in [3.63, 3.8) is 0 Å². The van der Waals surface area contributed by atoms with Crippen molar-refractivity contribution in [3.05, 3.63) is 5.89 Å². The van der Waals surface area contributed by atoms with E-state index >= 15 is 0 Å². The van der Waals surface area contributed by atoms with E-state index in [0.29, 0.717) is 12.4 Å². The number of nitrogens with one attached hydrogen (secondary N) is 2. The van der Waals surface area contributed by atoms with Gasteiger partial charge < -0.3 is 15.1 Å². The fraction of sp³-hybridized carbons (Fsp3) is 0.750. The summed E-state index contributed by atoms with van der Waals surface area (Å²) in [5.74, 6) is 0.390. The molecule has 0 aliphatic heterocycles. The average Bonchev–Trinajstić information content (AvgIpc) is 2.60. The van der Waals surface area contributed by atoms with Crippen LogP contribution < -0.4 is 10.6 Å². The maximum Gasteiger partial charge on any atom is 0.389 e. The number of alkyl halides is 3. The summed E-state index contributed by atoms with van der Waals surface area (Å²) in [6, 6.07) is 0.146. The zero-order valence-electron chi connectivity index (χ0n) is 8.76. The van der Waals surface area contributed by atoms with Crippen LogP contribution in [0.15, 0.2) is 4.42 Å². The number of rotatable bonds is 6. The molecule has 0 atom stereocenters. The third-order valence-corrected chi connectivity index (χ3v) is 1.71. The summed E-state index contributed by atoms with van der Waals surface area (Å²) in [5.41, 5.74) is 0. The molecule has 0 aliphatic rings. The van der Waals surface area contributed by atoms with Gasteiger partial charge in [0.15, 0.2) is 0 Å². The Balaban J connectivity index is 2.21. The normalized spacial score (nSPS) is 11.8. The van der Waals surface area contributed by atoms with Gasteiger partial charge in [-0.2, -0.15) is 13.2 Å². The lowest BCUT2D eigenvalue weighted by atomic mass is 10.3. The van der Waals surface area contributed by atoms with Crippen LogP contribution in [0, 0.1) is 0 Å². The van der Waals surface area contributed by atoms with Crippen molar-refractivity contribution in [1.29, 1.82) is 0 Å². The molecule has 8 heteroatoms. The van der Waals surface area contributed by atoms with Crippen molar-refractivity contribution in [2.45, 2.75) is 25.6 Å². The highest BCUT2D eigenvalue weighted by atomic mass is 19.4. The number of halogens is 3. The van der Waals surface area contributed by atoms with E-state index in [-0.39, 0.29) is 19.0 Å². The molecule has 1 aromatic rings. The van der Waals surface area contributed by atoms with Crippen LogP contribution in [0.4, 0.5) is 19.2 Å². The van der Waals surface area contributed by atoms with E-state index in [2.05, 4.69) is 20.8 Å². The molecule has 0 radical (unpaired) electrons. The molecule has 0 amide bonds. The minimum atomic E-state index is -4.12. The summed E-state index contributed by atoms with van der Waals surface area (Å²) in [5, 5.41) is 12.7. The van der Waals surface area contributed by atoms with Crippen molar-refractivity contribution in [2.75, 3.05) is 18.9 Å². The Morgan fingerprint density at radius 3 is 2.69 bits per heavy atom. The Bertz CT molecular complexity index is 312. The Labute approximate surface area is 90.4 Å². The van der Waals surface area contributed by atoms with Crippen LogP contribution in [0.25, 0.3) is 0 Å². The minimum Gasteiger partial charge on any atom is -0.407 e. The number of aromatic nitrogens is 2. The minimum absolute atomic E-state index is 0.0206. The molecule has 1 heterocycles. The Morgan fingerprint density at radius 1 is 1.31 bits per heavy atom. The second kappa shape index (κ2) is 5.69. The van der Waals surface area contributed by atoms with E-state index in [1.54, 1.807) is 7.05 Å². The van der Waals surface area contributed by atoms with Crippen LogP contribution in [0.1, 0.15) is 18.7 Å². The fourth-order valence-electron chi connectivity index (χ4n) is 1.03. The first kappa shape index (κ1) is 12.8. The van der Waals surface area contributed by atoms with Crippen LogP contribution >= 0.6 is 0 Å². The van der Waals surface area contributed by atoms with Crippen LogP contribution in [0.3, 0.4) is 0 Å². The monoisotopic (exact) mass is 238 g/mol. The summed E-state index contributed by atoms with van der Waals surface area (Å²) in [6.45, 7) is 0.581. The smallest absolute Gasteiger partial charge is 0.389 e. The SMILES string of the molecule is CNCc1nnc(NCCCC(F)(F)F)o1. The van der Waals surface area contributed by atoms with Gasteiger partial charge in [-0.25, -0.2) is 0 Å². The molecule has 16 heavy (non-hydrogen) atoms. The van der Waals surface area contributed by atoms with E-state index in [0.717, 1.165) is 0 Å². The summed E-state index contributed by atoms with van der Waals surface area (Å²) in [4.78, 5) is 0. The zero-order chi connectivity index (χ0) is 12.0. The molecular formula is C8H13F3N4O. The van der Waals surface area contributed by atoms with Crippen molar-refractivity contribution in [3.8, 4) is 0 Å². The van der Waals surface area contributed by atoms with Crippen molar-refractivity contribution < 1.29 is 17.6 Å². The van der Waals surface area contributed by atoms with Gasteiger partial charge in [-0.15, -0.1) is 5.10 Å². The molecule has 0 aliphatic carbocycles. The summed E-state index contributed by atoms with van der Waals surface area (Å²) in [7, 11) is 1.72. The van der Waals surface area contributed by atoms with Crippen LogP contribution in [0.2, 0.25) is 0 Å². The third-order valence-electron chi connectivity index (χ3n) is 1.71. The van der Waals surface area contributed by atoms with Crippen molar-refractivity contribution in [1.82, 2.24) is 15.5 Å². The summed E-state index contributed by atoms with van der Waals surface area (Å²) < 4.78 is 40.5. The number of hydrogen-bond donors (Lipinski definition) is 2. The van der Waals surface area contributed by atoms with Crippen molar-refractivity contribution >= 4 is 6.01 Å². The predicted molar refractivity (Wildman–Crippen MR) is 50.8 cm³/mol. The molecule has 0 saturated carbocycles. The Morgan fingerprint density at radius 2 is 2.06 bits per heavy atom. The molecule has 0 aromatic carbocycles. The lowest BCUT2D eigenvalue weighted by molar-refractivity contribution is -0.134. The molecule has 1 aromatic heterocycles. The number of anilines is 1. The van der Waals surface area contributed by atoms with E-state index in [9.17, 15) is 13.2 Å². The van der Waals surface area contributed by atoms with Gasteiger partial charge in [0.2, 0.25) is 5.89 Å². The molecule has 5 nitrogen and oxygen atoms in total. The highest BCUT2D eigenvalue weighted by molar-refractivity contribution is 5.16. The standard InChI is InChI=1S/C8H13F3N4O/c1-12-5-6-14-15-7(16-6)13-4-2-3-8(9,10)11/h12H,2-5H2,1H3,(H,13,15). The largest absolute Gasteiger partial charge is 0.407 e. The van der Waals surface area contributed by atoms with Gasteiger partial charge in [0.1, 0.15) is 0 Å². The first-order chi connectivity index (χ1) is 7.51. The third kappa shape index (κ3) is 4.96. The second-order valence-electron chi connectivity index (χ2n) is 3.18. The summed E-state index contributed by atoms with van der Waals surface area (Å²) >= 11 is 0. The molecule has 0 fully saturated rings. The molecule has 0 unspecified atom stereocenters. The molecule has 0 saturated heterocycles. The van der Waals surface area contributed by atoms with Crippen LogP contribution in [0.5, 0.6) is 0 Å². The van der Waals surface area contributed by atoms with E-state index in [1.165, 1.54) is 0 Å². The summed E-state index contributed by atoms with van der Waals surface area (Å²) in [6.07, 6.45) is -4.96. The quantitative estimate of drug-likeness (QED) is 0.736. The maximum absolute atomic E-state index is 11.8. The van der Waals surface area contributed by atoms with E-state index in [1.807, 2.05) is 0 Å². The highest BCUT2D eigenvalue weighted by Crippen LogP contribution is 2.21. The molecule has 1 rings (SSSR count). The van der Waals surface area contributed by atoms with Gasteiger partial charge in [0.05, 0.1) is 6.54 Å². The van der Waals surface area contributed by atoms with Gasteiger partial charge in [-0.3, -0.25) is 0 Å². The lowest BCUT2D eigenvalue weighted by Gasteiger charge is -2.05. The molecular weight excluding hydrogens is 225 g/mol.